The molecule has 1 unspecified atom stereocenters. The molecule has 0 aliphatic carbocycles. The Bertz CT molecular complexity index is 1110. The highest BCUT2D eigenvalue weighted by molar-refractivity contribution is 7.10. The number of hydrogen-bond donors (Lipinski definition) is 1. The van der Waals surface area contributed by atoms with Crippen molar-refractivity contribution in [2.24, 2.45) is 0 Å². The number of thiophene rings is 1. The second-order valence-electron chi connectivity index (χ2n) is 9.88. The van der Waals surface area contributed by atoms with Crippen molar-refractivity contribution in [3.05, 3.63) is 56.8 Å². The average molecular weight is 499 g/mol. The highest BCUT2D eigenvalue weighted by Crippen LogP contribution is 2.43. The van der Waals surface area contributed by atoms with Crippen LogP contribution in [0.25, 0.3) is 5.76 Å². The van der Waals surface area contributed by atoms with E-state index in [2.05, 4.69) is 39.5 Å². The molecule has 1 saturated heterocycles. The van der Waals surface area contributed by atoms with Gasteiger partial charge < -0.3 is 19.6 Å². The van der Waals surface area contributed by atoms with Gasteiger partial charge in [-0.2, -0.15) is 0 Å². The first-order valence-electron chi connectivity index (χ1n) is 12.4. The van der Waals surface area contributed by atoms with Gasteiger partial charge in [0, 0.05) is 29.1 Å². The van der Waals surface area contributed by atoms with E-state index in [-0.39, 0.29) is 16.7 Å². The summed E-state index contributed by atoms with van der Waals surface area (Å²) in [4.78, 5) is 31.3. The number of carbonyl (C=O) groups is 2. The summed E-state index contributed by atoms with van der Waals surface area (Å²) in [5, 5.41) is 13.5. The number of aliphatic hydroxyl groups is 1. The number of Topliss-reactive ketones (excluding diaryl/α,β-unsaturated/α-hetero) is 1. The minimum absolute atomic E-state index is 0.139. The van der Waals surface area contributed by atoms with Crippen LogP contribution in [0, 0.1) is 6.92 Å². The van der Waals surface area contributed by atoms with E-state index >= 15 is 0 Å². The van der Waals surface area contributed by atoms with E-state index < -0.39 is 17.7 Å². The molecular weight excluding hydrogens is 460 g/mol. The Morgan fingerprint density at radius 2 is 1.83 bits per heavy atom. The van der Waals surface area contributed by atoms with Crippen molar-refractivity contribution in [1.29, 1.82) is 0 Å². The van der Waals surface area contributed by atoms with Crippen LogP contribution in [0.4, 0.5) is 0 Å². The summed E-state index contributed by atoms with van der Waals surface area (Å²) in [7, 11) is 0. The Hall–Kier alpha value is -2.64. The van der Waals surface area contributed by atoms with Gasteiger partial charge in [-0.15, -0.1) is 11.3 Å². The van der Waals surface area contributed by atoms with Crippen LogP contribution in [0.1, 0.15) is 69.2 Å². The lowest BCUT2D eigenvalue weighted by Gasteiger charge is -2.28. The number of aliphatic hydroxyl groups excluding tert-OH is 1. The maximum atomic E-state index is 13.3. The van der Waals surface area contributed by atoms with Crippen LogP contribution in [0.15, 0.2) is 35.2 Å². The van der Waals surface area contributed by atoms with Gasteiger partial charge >= 0.3 is 0 Å². The molecule has 0 saturated carbocycles. The number of hydrogen-bond acceptors (Lipinski definition) is 6. The number of nitrogens with zero attached hydrogens (tertiary/aromatic N) is 2. The summed E-state index contributed by atoms with van der Waals surface area (Å²) in [6, 6.07) is 6.86. The zero-order chi connectivity index (χ0) is 25.9. The van der Waals surface area contributed by atoms with Crippen molar-refractivity contribution in [3.8, 4) is 5.75 Å². The number of amides is 1. The van der Waals surface area contributed by atoms with Crippen LogP contribution in [-0.2, 0) is 15.0 Å². The lowest BCUT2D eigenvalue weighted by atomic mass is 9.84. The van der Waals surface area contributed by atoms with Crippen molar-refractivity contribution in [2.45, 2.75) is 59.9 Å². The molecular formula is C28H38N2O4S. The number of likely N-dealkylation sites (tertiary alicyclic amines) is 1. The van der Waals surface area contributed by atoms with Crippen LogP contribution in [0.2, 0.25) is 0 Å². The van der Waals surface area contributed by atoms with E-state index in [9.17, 15) is 14.7 Å². The maximum Gasteiger partial charge on any atom is 0.295 e. The molecule has 6 nitrogen and oxygen atoms in total. The molecule has 190 valence electrons. The molecule has 1 atom stereocenters. The number of rotatable bonds is 9. The highest BCUT2D eigenvalue weighted by atomic mass is 32.1. The van der Waals surface area contributed by atoms with Gasteiger partial charge in [0.15, 0.2) is 0 Å². The first-order valence-corrected chi connectivity index (χ1v) is 13.2. The van der Waals surface area contributed by atoms with Crippen molar-refractivity contribution in [2.75, 3.05) is 32.8 Å². The Morgan fingerprint density at radius 3 is 2.37 bits per heavy atom. The van der Waals surface area contributed by atoms with Crippen LogP contribution in [0.3, 0.4) is 0 Å². The van der Waals surface area contributed by atoms with Gasteiger partial charge in [0.2, 0.25) is 0 Å². The predicted octanol–water partition coefficient (Wildman–Crippen LogP) is 5.52. The zero-order valence-electron chi connectivity index (χ0n) is 22.0. The molecule has 1 aromatic carbocycles. The summed E-state index contributed by atoms with van der Waals surface area (Å²) in [6.45, 7) is 17.7. The average Bonchev–Trinajstić information content (AvgIpc) is 3.34. The summed E-state index contributed by atoms with van der Waals surface area (Å²) >= 11 is 1.51. The quantitative estimate of drug-likeness (QED) is 0.280. The number of carbonyl (C=O) groups excluding carboxylic acids is 2. The smallest absolute Gasteiger partial charge is 0.295 e. The fourth-order valence-electron chi connectivity index (χ4n) is 4.54. The van der Waals surface area contributed by atoms with E-state index in [0.29, 0.717) is 25.3 Å². The van der Waals surface area contributed by atoms with Gasteiger partial charge in [-0.1, -0.05) is 34.6 Å². The van der Waals surface area contributed by atoms with E-state index in [1.165, 1.54) is 11.3 Å². The molecule has 1 aliphatic heterocycles. The van der Waals surface area contributed by atoms with Crippen LogP contribution < -0.4 is 4.74 Å². The molecule has 1 N–H and O–H groups in total. The van der Waals surface area contributed by atoms with Crippen LogP contribution in [-0.4, -0.2) is 59.4 Å². The molecule has 0 radical (unpaired) electrons. The van der Waals surface area contributed by atoms with Crippen LogP contribution in [0.5, 0.6) is 5.75 Å². The van der Waals surface area contributed by atoms with E-state index in [0.717, 1.165) is 34.8 Å². The Labute approximate surface area is 213 Å². The predicted molar refractivity (Wildman–Crippen MR) is 142 cm³/mol. The number of benzene rings is 1. The third-order valence-electron chi connectivity index (χ3n) is 6.60. The molecule has 7 heteroatoms. The molecule has 3 rings (SSSR count). The molecule has 2 aromatic rings. The minimum Gasteiger partial charge on any atom is -0.507 e. The first kappa shape index (κ1) is 27.0. The third kappa shape index (κ3) is 5.46. The summed E-state index contributed by atoms with van der Waals surface area (Å²) in [6.07, 6.45) is 0. The molecule has 0 bridgehead atoms. The van der Waals surface area contributed by atoms with Gasteiger partial charge in [-0.25, -0.2) is 0 Å². The topological polar surface area (TPSA) is 70.1 Å². The fourth-order valence-corrected chi connectivity index (χ4v) is 5.58. The summed E-state index contributed by atoms with van der Waals surface area (Å²) < 4.78 is 5.82. The second-order valence-corrected chi connectivity index (χ2v) is 10.8. The van der Waals surface area contributed by atoms with E-state index in [1.807, 2.05) is 37.4 Å². The maximum absolute atomic E-state index is 13.3. The lowest BCUT2D eigenvalue weighted by molar-refractivity contribution is -0.140. The monoisotopic (exact) mass is 498 g/mol. The minimum atomic E-state index is -0.633. The van der Waals surface area contributed by atoms with Gasteiger partial charge in [0.25, 0.3) is 11.7 Å². The fraction of sp³-hybridized carbons (Fsp3) is 0.500. The van der Waals surface area contributed by atoms with Crippen LogP contribution >= 0.6 is 11.3 Å². The Kier molecular flexibility index (Phi) is 8.44. The molecule has 2 heterocycles. The molecule has 35 heavy (non-hydrogen) atoms. The number of ether oxygens (including phenoxy) is 1. The normalized spacial score (nSPS) is 18.1. The number of aryl methyl sites for hydroxylation is 1. The molecule has 1 aromatic heterocycles. The van der Waals surface area contributed by atoms with Crippen molar-refractivity contribution < 1.29 is 19.4 Å². The largest absolute Gasteiger partial charge is 0.507 e. The highest BCUT2D eigenvalue weighted by Gasteiger charge is 2.47. The van der Waals surface area contributed by atoms with Gasteiger partial charge in [0.1, 0.15) is 11.5 Å². The van der Waals surface area contributed by atoms with Crippen molar-refractivity contribution in [1.82, 2.24) is 9.80 Å². The first-order chi connectivity index (χ1) is 16.5. The van der Waals surface area contributed by atoms with Gasteiger partial charge in [-0.3, -0.25) is 9.59 Å². The third-order valence-corrected chi connectivity index (χ3v) is 7.67. The molecule has 1 fully saturated rings. The molecule has 1 amide bonds. The SMILES string of the molecule is CCOc1ccc(/C(O)=C2/C(=O)C(=O)N(CCN(CC)CC)C2c2sccc2C)cc1C(C)(C)C. The molecule has 0 spiro atoms. The van der Waals surface area contributed by atoms with E-state index in [1.54, 1.807) is 11.0 Å². The number of ketones is 1. The van der Waals surface area contributed by atoms with Gasteiger partial charge in [-0.05, 0) is 67.6 Å². The molecule has 1 aliphatic rings. The van der Waals surface area contributed by atoms with Gasteiger partial charge in [0.05, 0.1) is 18.2 Å². The Balaban J connectivity index is 2.15. The lowest BCUT2D eigenvalue weighted by Crippen LogP contribution is -2.37. The Morgan fingerprint density at radius 1 is 1.14 bits per heavy atom. The summed E-state index contributed by atoms with van der Waals surface area (Å²) in [5.74, 6) is -0.577. The van der Waals surface area contributed by atoms with E-state index in [4.69, 9.17) is 4.74 Å². The summed E-state index contributed by atoms with van der Waals surface area (Å²) in [5.41, 5.74) is 2.37. The second kappa shape index (κ2) is 11.0. The van der Waals surface area contributed by atoms with Crippen molar-refractivity contribution in [3.63, 3.8) is 0 Å². The zero-order valence-corrected chi connectivity index (χ0v) is 22.8. The standard InChI is InChI=1S/C28H38N2O4S/c1-8-29(9-2)14-15-30-23(26-18(4)13-16-35-26)22(25(32)27(30)33)24(31)19-11-12-21(34-10-3)20(17-19)28(5,6)7/h11-13,16-17,23,31H,8-10,14-15H2,1-7H3/b24-22-. The number of likely N-dealkylation sites (N-methyl/N-ethyl adjacent to an activating group) is 1. The van der Waals surface area contributed by atoms with Crippen molar-refractivity contribution >= 4 is 28.8 Å².